The Morgan fingerprint density at radius 1 is 1.50 bits per heavy atom. The highest BCUT2D eigenvalue weighted by Crippen LogP contribution is 2.36. The quantitative estimate of drug-likeness (QED) is 0.833. The topological polar surface area (TPSA) is 70.9 Å². The number of hydrogen-bond acceptors (Lipinski definition) is 4. The van der Waals surface area contributed by atoms with E-state index in [1.54, 1.807) is 0 Å². The van der Waals surface area contributed by atoms with Gasteiger partial charge in [0.1, 0.15) is 12.2 Å². The molecule has 5 nitrogen and oxygen atoms in total. The smallest absolute Gasteiger partial charge is 0.170 e. The summed E-state index contributed by atoms with van der Waals surface area (Å²) in [6.07, 6.45) is -0.159. The maximum atomic E-state index is 9.09. The molecule has 1 fully saturated rings. The molecule has 1 N–H and O–H groups in total. The Morgan fingerprint density at radius 2 is 2.33 bits per heavy atom. The van der Waals surface area contributed by atoms with Gasteiger partial charge in [-0.15, -0.1) is 0 Å². The summed E-state index contributed by atoms with van der Waals surface area (Å²) in [5.74, 6) is -0.580. The summed E-state index contributed by atoms with van der Waals surface area (Å²) < 4.78 is 11.4. The molecule has 2 heterocycles. The largest absolute Gasteiger partial charge is 0.347 e. The molecule has 0 aliphatic carbocycles. The molecule has 1 aromatic carbocycles. The Balaban J connectivity index is 2.13. The summed E-state index contributed by atoms with van der Waals surface area (Å²) in [5, 5.41) is 16.8. The lowest BCUT2D eigenvalue weighted by Gasteiger charge is -2.17. The Morgan fingerprint density at radius 3 is 3.00 bits per heavy atom. The number of benzene rings is 1. The molecule has 92 valence electrons. The molecule has 0 radical (unpaired) electrons. The SMILES string of the molecule is CC1(C)OCC(c2cccc3[nH]nc(C#N)c23)O1. The lowest BCUT2D eigenvalue weighted by Crippen LogP contribution is -2.19. The number of ether oxygens (including phenoxy) is 2. The predicted octanol–water partition coefficient (Wildman–Crippen LogP) is 2.26. The number of H-pyrrole nitrogens is 1. The molecule has 0 bridgehead atoms. The Bertz CT molecular complexity index is 639. The van der Waals surface area contributed by atoms with Gasteiger partial charge in [-0.1, -0.05) is 12.1 Å². The number of nitriles is 1. The van der Waals surface area contributed by atoms with Crippen LogP contribution >= 0.6 is 0 Å². The number of aromatic nitrogens is 2. The highest BCUT2D eigenvalue weighted by molar-refractivity contribution is 5.87. The minimum absolute atomic E-state index is 0.159. The van der Waals surface area contributed by atoms with Crippen molar-refractivity contribution in [3.63, 3.8) is 0 Å². The number of nitrogens with one attached hydrogen (secondary N) is 1. The van der Waals surface area contributed by atoms with E-state index >= 15 is 0 Å². The standard InChI is InChI=1S/C13H13N3O2/c1-13(2)17-7-11(18-13)8-4-3-5-9-12(8)10(6-14)16-15-9/h3-5,11H,7H2,1-2H3,(H,15,16). The van der Waals surface area contributed by atoms with Crippen molar-refractivity contribution < 1.29 is 9.47 Å². The van der Waals surface area contributed by atoms with Crippen LogP contribution in [0, 0.1) is 11.3 Å². The van der Waals surface area contributed by atoms with E-state index in [1.807, 2.05) is 32.0 Å². The molecular weight excluding hydrogens is 230 g/mol. The van der Waals surface area contributed by atoms with Gasteiger partial charge in [0.15, 0.2) is 11.5 Å². The normalized spacial score (nSPS) is 22.2. The van der Waals surface area contributed by atoms with Gasteiger partial charge in [-0.05, 0) is 25.5 Å². The fourth-order valence-corrected chi connectivity index (χ4v) is 2.29. The molecule has 1 aliphatic heterocycles. The molecule has 0 amide bonds. The maximum absolute atomic E-state index is 9.09. The van der Waals surface area contributed by atoms with Crippen LogP contribution in [0.2, 0.25) is 0 Å². The number of fused-ring (bicyclic) bond motifs is 1. The Labute approximate surface area is 104 Å². The average Bonchev–Trinajstić information content (AvgIpc) is 2.91. The first-order valence-electron chi connectivity index (χ1n) is 5.79. The van der Waals surface area contributed by atoms with Crippen molar-refractivity contribution >= 4 is 10.9 Å². The minimum atomic E-state index is -0.580. The van der Waals surface area contributed by atoms with Gasteiger partial charge in [0.05, 0.1) is 12.1 Å². The van der Waals surface area contributed by atoms with E-state index in [0.717, 1.165) is 16.5 Å². The average molecular weight is 243 g/mol. The molecule has 1 aliphatic rings. The van der Waals surface area contributed by atoms with Crippen molar-refractivity contribution in [1.29, 1.82) is 5.26 Å². The summed E-state index contributed by atoms with van der Waals surface area (Å²) in [5.41, 5.74) is 2.19. The van der Waals surface area contributed by atoms with Gasteiger partial charge in [0.2, 0.25) is 0 Å². The second-order valence-corrected chi connectivity index (χ2v) is 4.77. The molecule has 1 saturated heterocycles. The molecule has 1 unspecified atom stereocenters. The second kappa shape index (κ2) is 3.80. The van der Waals surface area contributed by atoms with Crippen LogP contribution in [-0.2, 0) is 9.47 Å². The van der Waals surface area contributed by atoms with E-state index in [1.165, 1.54) is 0 Å². The summed E-state index contributed by atoms with van der Waals surface area (Å²) in [4.78, 5) is 0. The third kappa shape index (κ3) is 1.67. The highest BCUT2D eigenvalue weighted by atomic mass is 16.7. The van der Waals surface area contributed by atoms with Crippen LogP contribution in [0.15, 0.2) is 18.2 Å². The predicted molar refractivity (Wildman–Crippen MR) is 64.7 cm³/mol. The molecule has 0 spiro atoms. The fourth-order valence-electron chi connectivity index (χ4n) is 2.29. The molecule has 2 aromatic rings. The molecule has 1 aromatic heterocycles. The van der Waals surface area contributed by atoms with Crippen LogP contribution in [0.25, 0.3) is 10.9 Å². The molecular formula is C13H13N3O2. The van der Waals surface area contributed by atoms with Gasteiger partial charge in [0, 0.05) is 5.39 Å². The Hall–Kier alpha value is -1.90. The Kier molecular flexibility index (Phi) is 2.37. The van der Waals surface area contributed by atoms with Gasteiger partial charge in [-0.3, -0.25) is 5.10 Å². The lowest BCUT2D eigenvalue weighted by molar-refractivity contribution is -0.138. The van der Waals surface area contributed by atoms with Crippen LogP contribution in [0.3, 0.4) is 0 Å². The summed E-state index contributed by atoms with van der Waals surface area (Å²) >= 11 is 0. The van der Waals surface area contributed by atoms with Crippen LogP contribution in [-0.4, -0.2) is 22.6 Å². The molecule has 0 saturated carbocycles. The molecule has 3 rings (SSSR count). The third-order valence-electron chi connectivity index (χ3n) is 3.08. The zero-order valence-corrected chi connectivity index (χ0v) is 10.2. The first-order valence-corrected chi connectivity index (χ1v) is 5.79. The van der Waals surface area contributed by atoms with Crippen molar-refractivity contribution in [3.05, 3.63) is 29.5 Å². The lowest BCUT2D eigenvalue weighted by atomic mass is 10.0. The van der Waals surface area contributed by atoms with Crippen molar-refractivity contribution in [1.82, 2.24) is 10.2 Å². The van der Waals surface area contributed by atoms with Crippen LogP contribution < -0.4 is 0 Å². The zero-order valence-electron chi connectivity index (χ0n) is 10.2. The highest BCUT2D eigenvalue weighted by Gasteiger charge is 2.34. The van der Waals surface area contributed by atoms with Crippen LogP contribution in [0.4, 0.5) is 0 Å². The monoisotopic (exact) mass is 243 g/mol. The van der Waals surface area contributed by atoms with E-state index in [9.17, 15) is 0 Å². The first-order chi connectivity index (χ1) is 8.61. The van der Waals surface area contributed by atoms with E-state index in [4.69, 9.17) is 14.7 Å². The fraction of sp³-hybridized carbons (Fsp3) is 0.385. The van der Waals surface area contributed by atoms with Gasteiger partial charge < -0.3 is 9.47 Å². The van der Waals surface area contributed by atoms with Crippen molar-refractivity contribution in [3.8, 4) is 6.07 Å². The minimum Gasteiger partial charge on any atom is -0.347 e. The number of rotatable bonds is 1. The van der Waals surface area contributed by atoms with Gasteiger partial charge in [0.25, 0.3) is 0 Å². The molecule has 18 heavy (non-hydrogen) atoms. The second-order valence-electron chi connectivity index (χ2n) is 4.77. The summed E-state index contributed by atoms with van der Waals surface area (Å²) in [6, 6.07) is 7.87. The van der Waals surface area contributed by atoms with Crippen molar-refractivity contribution in [2.45, 2.75) is 25.7 Å². The maximum Gasteiger partial charge on any atom is 0.170 e. The summed E-state index contributed by atoms with van der Waals surface area (Å²) in [7, 11) is 0. The third-order valence-corrected chi connectivity index (χ3v) is 3.08. The molecule has 5 heteroatoms. The first kappa shape index (κ1) is 11.2. The van der Waals surface area contributed by atoms with E-state index in [0.29, 0.717) is 12.3 Å². The van der Waals surface area contributed by atoms with E-state index in [2.05, 4.69) is 16.3 Å². The van der Waals surface area contributed by atoms with Gasteiger partial charge >= 0.3 is 0 Å². The van der Waals surface area contributed by atoms with Gasteiger partial charge in [-0.2, -0.15) is 10.4 Å². The van der Waals surface area contributed by atoms with Crippen LogP contribution in [0.5, 0.6) is 0 Å². The van der Waals surface area contributed by atoms with Crippen molar-refractivity contribution in [2.75, 3.05) is 6.61 Å². The van der Waals surface area contributed by atoms with Crippen LogP contribution in [0.1, 0.15) is 31.2 Å². The number of aromatic amines is 1. The van der Waals surface area contributed by atoms with E-state index in [-0.39, 0.29) is 6.10 Å². The number of nitrogens with zero attached hydrogens (tertiary/aromatic N) is 2. The molecule has 1 atom stereocenters. The van der Waals surface area contributed by atoms with Crippen molar-refractivity contribution in [2.24, 2.45) is 0 Å². The van der Waals surface area contributed by atoms with E-state index < -0.39 is 5.79 Å². The summed E-state index contributed by atoms with van der Waals surface area (Å²) in [6.45, 7) is 4.25. The number of hydrogen-bond donors (Lipinski definition) is 1. The van der Waals surface area contributed by atoms with Gasteiger partial charge in [-0.25, -0.2) is 0 Å². The zero-order chi connectivity index (χ0) is 12.8.